The monoisotopic (exact) mass is 233 g/mol. The molecule has 0 radical (unpaired) electrons. The Bertz CT molecular complexity index is 504. The van der Waals surface area contributed by atoms with Gasteiger partial charge in [0.1, 0.15) is 22.3 Å². The number of nitrogen functional groups attached to an aromatic ring is 1. The number of thiazole rings is 1. The molecule has 0 aliphatic rings. The molecule has 82 valence electrons. The van der Waals surface area contributed by atoms with Crippen LogP contribution in [0.4, 0.5) is 0 Å². The third-order valence-corrected chi connectivity index (χ3v) is 3.01. The number of nitrogens with zero attached hydrogens (tertiary/aromatic N) is 1. The standard InChI is InChI=1S/C11H11N3OS/c1-15-8-4-2-7(3-5-8)11-14-9(6-16-11)10(12)13/h2-6H,1H3,(H3,12,13). The van der Waals surface area contributed by atoms with Crippen LogP contribution in [0.2, 0.25) is 0 Å². The van der Waals surface area contributed by atoms with E-state index in [-0.39, 0.29) is 5.84 Å². The molecule has 5 heteroatoms. The van der Waals surface area contributed by atoms with Crippen molar-refractivity contribution >= 4 is 17.2 Å². The summed E-state index contributed by atoms with van der Waals surface area (Å²) in [6, 6.07) is 7.62. The Kier molecular flexibility index (Phi) is 2.87. The normalized spacial score (nSPS) is 10.1. The quantitative estimate of drug-likeness (QED) is 0.630. The van der Waals surface area contributed by atoms with E-state index in [2.05, 4.69) is 4.98 Å². The molecule has 0 atom stereocenters. The minimum absolute atomic E-state index is 0.00369. The zero-order valence-corrected chi connectivity index (χ0v) is 9.54. The van der Waals surface area contributed by atoms with Crippen molar-refractivity contribution in [2.45, 2.75) is 0 Å². The van der Waals surface area contributed by atoms with E-state index < -0.39 is 0 Å². The van der Waals surface area contributed by atoms with Gasteiger partial charge in [0, 0.05) is 10.9 Å². The van der Waals surface area contributed by atoms with Crippen LogP contribution < -0.4 is 10.5 Å². The van der Waals surface area contributed by atoms with Gasteiger partial charge in [0.2, 0.25) is 0 Å². The van der Waals surface area contributed by atoms with Crippen LogP contribution in [0.5, 0.6) is 5.75 Å². The van der Waals surface area contributed by atoms with Gasteiger partial charge >= 0.3 is 0 Å². The summed E-state index contributed by atoms with van der Waals surface area (Å²) in [7, 11) is 1.63. The highest BCUT2D eigenvalue weighted by molar-refractivity contribution is 7.13. The molecule has 1 aromatic heterocycles. The predicted molar refractivity (Wildman–Crippen MR) is 65.1 cm³/mol. The van der Waals surface area contributed by atoms with Crippen LogP contribution in [0, 0.1) is 5.41 Å². The smallest absolute Gasteiger partial charge is 0.142 e. The van der Waals surface area contributed by atoms with E-state index in [0.29, 0.717) is 5.69 Å². The summed E-state index contributed by atoms with van der Waals surface area (Å²) < 4.78 is 5.08. The number of methoxy groups -OCH3 is 1. The molecule has 16 heavy (non-hydrogen) atoms. The molecular weight excluding hydrogens is 222 g/mol. The Morgan fingerprint density at radius 1 is 1.38 bits per heavy atom. The largest absolute Gasteiger partial charge is 0.497 e. The number of benzene rings is 1. The van der Waals surface area contributed by atoms with Gasteiger partial charge in [0.05, 0.1) is 7.11 Å². The van der Waals surface area contributed by atoms with Crippen LogP contribution in [0.3, 0.4) is 0 Å². The molecule has 2 rings (SSSR count). The third-order valence-electron chi connectivity index (χ3n) is 2.12. The summed E-state index contributed by atoms with van der Waals surface area (Å²) in [5.41, 5.74) is 6.88. The molecule has 0 fully saturated rings. The lowest BCUT2D eigenvalue weighted by Crippen LogP contribution is -2.11. The lowest BCUT2D eigenvalue weighted by Gasteiger charge is -2.00. The molecule has 4 nitrogen and oxygen atoms in total. The summed E-state index contributed by atoms with van der Waals surface area (Å²) in [6.45, 7) is 0. The lowest BCUT2D eigenvalue weighted by atomic mass is 10.2. The number of amidine groups is 1. The van der Waals surface area contributed by atoms with Gasteiger partial charge < -0.3 is 10.5 Å². The van der Waals surface area contributed by atoms with Gasteiger partial charge in [-0.3, -0.25) is 5.41 Å². The van der Waals surface area contributed by atoms with Crippen molar-refractivity contribution in [3.63, 3.8) is 0 Å². The first-order valence-corrected chi connectivity index (χ1v) is 5.53. The molecule has 0 spiro atoms. The summed E-state index contributed by atoms with van der Waals surface area (Å²) in [6.07, 6.45) is 0. The second-order valence-corrected chi connectivity index (χ2v) is 4.04. The van der Waals surface area contributed by atoms with E-state index in [9.17, 15) is 0 Å². The average Bonchev–Trinajstić information content (AvgIpc) is 2.78. The number of hydrogen-bond acceptors (Lipinski definition) is 4. The molecule has 0 aliphatic carbocycles. The van der Waals surface area contributed by atoms with Crippen molar-refractivity contribution in [2.75, 3.05) is 7.11 Å². The fourth-order valence-electron chi connectivity index (χ4n) is 1.26. The highest BCUT2D eigenvalue weighted by Gasteiger charge is 2.06. The van der Waals surface area contributed by atoms with Crippen LogP contribution in [0.15, 0.2) is 29.6 Å². The molecule has 0 bridgehead atoms. The second-order valence-electron chi connectivity index (χ2n) is 3.18. The van der Waals surface area contributed by atoms with Crippen molar-refractivity contribution in [2.24, 2.45) is 5.73 Å². The second kappa shape index (κ2) is 4.32. The molecule has 0 saturated carbocycles. The SMILES string of the molecule is COc1ccc(-c2nc(C(=N)N)cs2)cc1. The first-order valence-electron chi connectivity index (χ1n) is 4.65. The molecule has 1 aromatic carbocycles. The van der Waals surface area contributed by atoms with Gasteiger partial charge in [-0.05, 0) is 24.3 Å². The molecule has 0 aliphatic heterocycles. The molecule has 0 saturated heterocycles. The Morgan fingerprint density at radius 3 is 2.56 bits per heavy atom. The highest BCUT2D eigenvalue weighted by atomic mass is 32.1. The summed E-state index contributed by atoms with van der Waals surface area (Å²) in [4.78, 5) is 4.26. The van der Waals surface area contributed by atoms with Crippen molar-refractivity contribution in [1.29, 1.82) is 5.41 Å². The predicted octanol–water partition coefficient (Wildman–Crippen LogP) is 2.10. The topological polar surface area (TPSA) is 72.0 Å². The Hall–Kier alpha value is -1.88. The van der Waals surface area contributed by atoms with Gasteiger partial charge in [-0.2, -0.15) is 0 Å². The Labute approximate surface area is 97.2 Å². The third kappa shape index (κ3) is 2.04. The Balaban J connectivity index is 2.31. The number of rotatable bonds is 3. The molecule has 0 amide bonds. The van der Waals surface area contributed by atoms with E-state index in [0.717, 1.165) is 16.3 Å². The van der Waals surface area contributed by atoms with Gasteiger partial charge in [0.25, 0.3) is 0 Å². The lowest BCUT2D eigenvalue weighted by molar-refractivity contribution is 0.415. The number of nitrogens with two attached hydrogens (primary N) is 1. The van der Waals surface area contributed by atoms with Crippen LogP contribution >= 0.6 is 11.3 Å². The molecule has 2 aromatic rings. The highest BCUT2D eigenvalue weighted by Crippen LogP contribution is 2.25. The summed E-state index contributed by atoms with van der Waals surface area (Å²) in [5.74, 6) is 0.808. The van der Waals surface area contributed by atoms with Gasteiger partial charge in [-0.15, -0.1) is 11.3 Å². The fraction of sp³-hybridized carbons (Fsp3) is 0.0909. The maximum atomic E-state index is 7.28. The van der Waals surface area contributed by atoms with Crippen LogP contribution in [-0.2, 0) is 0 Å². The van der Waals surface area contributed by atoms with E-state index in [1.807, 2.05) is 24.3 Å². The van der Waals surface area contributed by atoms with E-state index in [1.165, 1.54) is 11.3 Å². The summed E-state index contributed by atoms with van der Waals surface area (Å²) >= 11 is 1.47. The number of nitrogens with one attached hydrogen (secondary N) is 1. The van der Waals surface area contributed by atoms with E-state index in [1.54, 1.807) is 12.5 Å². The molecular formula is C11H11N3OS. The van der Waals surface area contributed by atoms with Crippen molar-refractivity contribution in [1.82, 2.24) is 4.98 Å². The first-order chi connectivity index (χ1) is 7.70. The maximum absolute atomic E-state index is 7.28. The zero-order valence-electron chi connectivity index (χ0n) is 8.73. The van der Waals surface area contributed by atoms with Crippen molar-refractivity contribution in [3.05, 3.63) is 35.3 Å². The van der Waals surface area contributed by atoms with Crippen LogP contribution in [0.25, 0.3) is 10.6 Å². The number of hydrogen-bond donors (Lipinski definition) is 2. The Morgan fingerprint density at radius 2 is 2.06 bits per heavy atom. The number of aromatic nitrogens is 1. The van der Waals surface area contributed by atoms with Gasteiger partial charge in [-0.1, -0.05) is 0 Å². The zero-order chi connectivity index (χ0) is 11.5. The van der Waals surface area contributed by atoms with Gasteiger partial charge in [-0.25, -0.2) is 4.98 Å². The van der Waals surface area contributed by atoms with E-state index in [4.69, 9.17) is 15.9 Å². The fourth-order valence-corrected chi connectivity index (χ4v) is 2.09. The molecule has 3 N–H and O–H groups in total. The van der Waals surface area contributed by atoms with E-state index >= 15 is 0 Å². The van der Waals surface area contributed by atoms with Crippen molar-refractivity contribution in [3.8, 4) is 16.3 Å². The minimum atomic E-state index is -0.00369. The maximum Gasteiger partial charge on any atom is 0.142 e. The molecule has 0 unspecified atom stereocenters. The average molecular weight is 233 g/mol. The molecule has 1 heterocycles. The number of ether oxygens (including phenoxy) is 1. The van der Waals surface area contributed by atoms with Crippen molar-refractivity contribution < 1.29 is 4.74 Å². The van der Waals surface area contributed by atoms with Gasteiger partial charge in [0.15, 0.2) is 0 Å². The summed E-state index contributed by atoms with van der Waals surface area (Å²) in [5, 5.41) is 9.91. The van der Waals surface area contributed by atoms with Crippen LogP contribution in [0.1, 0.15) is 5.69 Å². The first kappa shape index (κ1) is 10.6. The van der Waals surface area contributed by atoms with Crippen LogP contribution in [-0.4, -0.2) is 17.9 Å². The minimum Gasteiger partial charge on any atom is -0.497 e.